The average Bonchev–Trinajstić information content (AvgIpc) is 3.03. The Kier molecular flexibility index (Phi) is 4.35. The third-order valence-corrected chi connectivity index (χ3v) is 5.62. The topological polar surface area (TPSA) is 55.2 Å². The second-order valence-electron chi connectivity index (χ2n) is 5.95. The van der Waals surface area contributed by atoms with E-state index in [0.717, 1.165) is 19.4 Å². The quantitative estimate of drug-likeness (QED) is 0.868. The second-order valence-corrected chi connectivity index (χ2v) is 6.95. The lowest BCUT2D eigenvalue weighted by Crippen LogP contribution is -2.42. The first-order valence-electron chi connectivity index (χ1n) is 7.91. The molecular formula is C17H21N3O2S. The minimum absolute atomic E-state index is 0.0131. The molecule has 3 rings (SSSR count). The van der Waals surface area contributed by atoms with Crippen LogP contribution in [0.2, 0.25) is 0 Å². The van der Waals surface area contributed by atoms with E-state index in [9.17, 15) is 9.59 Å². The Morgan fingerprint density at radius 1 is 1.43 bits per heavy atom. The zero-order chi connectivity index (χ0) is 16.6. The van der Waals surface area contributed by atoms with E-state index in [-0.39, 0.29) is 24.1 Å². The Labute approximate surface area is 139 Å². The van der Waals surface area contributed by atoms with Crippen LogP contribution >= 0.6 is 11.3 Å². The lowest BCUT2D eigenvalue weighted by molar-refractivity contribution is -0.134. The molecule has 1 atom stereocenters. The van der Waals surface area contributed by atoms with Crippen LogP contribution in [0.25, 0.3) is 0 Å². The molecule has 0 aromatic carbocycles. The number of aromatic nitrogens is 2. The number of rotatable bonds is 3. The monoisotopic (exact) mass is 331 g/mol. The molecule has 0 aliphatic carbocycles. The maximum absolute atomic E-state index is 12.8. The molecule has 0 saturated heterocycles. The van der Waals surface area contributed by atoms with Crippen LogP contribution in [-0.4, -0.2) is 26.9 Å². The van der Waals surface area contributed by atoms with Gasteiger partial charge in [-0.05, 0) is 43.7 Å². The molecule has 5 nitrogen and oxygen atoms in total. The first-order valence-corrected chi connectivity index (χ1v) is 8.79. The van der Waals surface area contributed by atoms with E-state index in [1.165, 1.54) is 21.3 Å². The number of hydrogen-bond acceptors (Lipinski definition) is 4. The molecule has 0 radical (unpaired) electrons. The molecule has 0 N–H and O–H groups in total. The van der Waals surface area contributed by atoms with Crippen molar-refractivity contribution in [2.45, 2.75) is 46.2 Å². The van der Waals surface area contributed by atoms with Crippen molar-refractivity contribution in [2.24, 2.45) is 0 Å². The Balaban J connectivity index is 1.84. The van der Waals surface area contributed by atoms with E-state index in [4.69, 9.17) is 0 Å². The van der Waals surface area contributed by atoms with Gasteiger partial charge >= 0.3 is 0 Å². The predicted octanol–water partition coefficient (Wildman–Crippen LogP) is 2.46. The van der Waals surface area contributed by atoms with Gasteiger partial charge in [0.2, 0.25) is 5.91 Å². The van der Waals surface area contributed by atoms with E-state index in [0.29, 0.717) is 11.3 Å². The van der Waals surface area contributed by atoms with Crippen molar-refractivity contribution >= 4 is 17.2 Å². The van der Waals surface area contributed by atoms with Gasteiger partial charge in [0.25, 0.3) is 5.56 Å². The summed E-state index contributed by atoms with van der Waals surface area (Å²) in [5.41, 5.74) is 2.45. The fourth-order valence-electron chi connectivity index (χ4n) is 3.16. The van der Waals surface area contributed by atoms with Gasteiger partial charge in [-0.15, -0.1) is 11.3 Å². The van der Waals surface area contributed by atoms with Gasteiger partial charge < -0.3 is 4.90 Å². The number of thiophene rings is 1. The standard InChI is InChI=1S/C17H21N3O2S/c1-4-14-13-6-8-23-15(13)5-7-20(14)16(21)9-19-10-18-12(3)11(2)17(19)22/h6,8,10,14H,4-5,7,9H2,1-3H3/t14-/m1/s1. The Morgan fingerprint density at radius 2 is 2.22 bits per heavy atom. The molecule has 0 spiro atoms. The molecule has 6 heteroatoms. The minimum atomic E-state index is -0.132. The van der Waals surface area contributed by atoms with Crippen LogP contribution in [0.4, 0.5) is 0 Å². The number of aryl methyl sites for hydroxylation is 1. The molecule has 1 amide bonds. The Bertz CT molecular complexity index is 793. The molecule has 3 heterocycles. The van der Waals surface area contributed by atoms with E-state index < -0.39 is 0 Å². The van der Waals surface area contributed by atoms with E-state index >= 15 is 0 Å². The summed E-state index contributed by atoms with van der Waals surface area (Å²) in [5.74, 6) is -0.0131. The van der Waals surface area contributed by atoms with Crippen LogP contribution in [0.3, 0.4) is 0 Å². The lowest BCUT2D eigenvalue weighted by Gasteiger charge is -2.35. The number of hydrogen-bond donors (Lipinski definition) is 0. The van der Waals surface area contributed by atoms with Gasteiger partial charge in [0.15, 0.2) is 0 Å². The normalized spacial score (nSPS) is 17.2. The SMILES string of the molecule is CC[C@@H]1c2ccsc2CCN1C(=O)Cn1cnc(C)c(C)c1=O. The van der Waals surface area contributed by atoms with Gasteiger partial charge in [-0.3, -0.25) is 14.2 Å². The van der Waals surface area contributed by atoms with Crippen LogP contribution in [0.15, 0.2) is 22.6 Å². The number of fused-ring (bicyclic) bond motifs is 1. The van der Waals surface area contributed by atoms with Crippen molar-refractivity contribution in [1.29, 1.82) is 0 Å². The third kappa shape index (κ3) is 2.83. The third-order valence-electron chi connectivity index (χ3n) is 4.62. The maximum Gasteiger partial charge on any atom is 0.256 e. The fraction of sp³-hybridized carbons (Fsp3) is 0.471. The summed E-state index contributed by atoms with van der Waals surface area (Å²) in [6.45, 7) is 6.43. The van der Waals surface area contributed by atoms with E-state index in [2.05, 4.69) is 23.4 Å². The largest absolute Gasteiger partial charge is 0.334 e. The summed E-state index contributed by atoms with van der Waals surface area (Å²) in [5, 5.41) is 2.10. The first kappa shape index (κ1) is 15.9. The van der Waals surface area contributed by atoms with Gasteiger partial charge in [0.1, 0.15) is 6.54 Å². The van der Waals surface area contributed by atoms with Crippen LogP contribution in [0, 0.1) is 13.8 Å². The first-order chi connectivity index (χ1) is 11.0. The molecule has 0 fully saturated rings. The van der Waals surface area contributed by atoms with Crippen molar-refractivity contribution in [1.82, 2.24) is 14.5 Å². The van der Waals surface area contributed by atoms with Crippen molar-refractivity contribution in [3.05, 3.63) is 49.8 Å². The van der Waals surface area contributed by atoms with Gasteiger partial charge in [-0.25, -0.2) is 4.98 Å². The number of amides is 1. The molecule has 0 bridgehead atoms. The number of carbonyl (C=O) groups excluding carboxylic acids is 1. The predicted molar refractivity (Wildman–Crippen MR) is 90.7 cm³/mol. The van der Waals surface area contributed by atoms with Crippen LogP contribution in [0.1, 0.15) is 41.1 Å². The molecule has 1 aliphatic rings. The van der Waals surface area contributed by atoms with Gasteiger partial charge in [-0.2, -0.15) is 0 Å². The average molecular weight is 331 g/mol. The molecule has 2 aromatic rings. The Hall–Kier alpha value is -1.95. The zero-order valence-corrected chi connectivity index (χ0v) is 14.5. The molecule has 23 heavy (non-hydrogen) atoms. The fourth-order valence-corrected chi connectivity index (χ4v) is 4.09. The summed E-state index contributed by atoms with van der Waals surface area (Å²) in [6, 6.07) is 2.24. The summed E-state index contributed by atoms with van der Waals surface area (Å²) >= 11 is 1.77. The van der Waals surface area contributed by atoms with Crippen molar-refractivity contribution in [2.75, 3.05) is 6.54 Å². The molecule has 1 aliphatic heterocycles. The molecule has 2 aromatic heterocycles. The van der Waals surface area contributed by atoms with Crippen LogP contribution in [0.5, 0.6) is 0 Å². The maximum atomic E-state index is 12.8. The second kappa shape index (κ2) is 6.28. The van der Waals surface area contributed by atoms with Gasteiger partial charge in [-0.1, -0.05) is 6.92 Å². The summed E-state index contributed by atoms with van der Waals surface area (Å²) < 4.78 is 1.42. The molecule has 0 saturated carbocycles. The summed E-state index contributed by atoms with van der Waals surface area (Å²) in [7, 11) is 0. The minimum Gasteiger partial charge on any atom is -0.334 e. The highest BCUT2D eigenvalue weighted by Gasteiger charge is 2.30. The molecule has 122 valence electrons. The van der Waals surface area contributed by atoms with Crippen LogP contribution in [-0.2, 0) is 17.8 Å². The number of nitrogens with zero attached hydrogens (tertiary/aromatic N) is 3. The highest BCUT2D eigenvalue weighted by Crippen LogP contribution is 2.35. The van der Waals surface area contributed by atoms with Crippen molar-refractivity contribution in [3.63, 3.8) is 0 Å². The van der Waals surface area contributed by atoms with Gasteiger partial charge in [0.05, 0.1) is 12.4 Å². The molecular weight excluding hydrogens is 310 g/mol. The van der Waals surface area contributed by atoms with E-state index in [1.54, 1.807) is 25.2 Å². The zero-order valence-electron chi connectivity index (χ0n) is 13.7. The van der Waals surface area contributed by atoms with Crippen molar-refractivity contribution in [3.8, 4) is 0 Å². The number of carbonyl (C=O) groups is 1. The molecule has 0 unspecified atom stereocenters. The highest BCUT2D eigenvalue weighted by molar-refractivity contribution is 7.10. The van der Waals surface area contributed by atoms with Crippen molar-refractivity contribution < 1.29 is 4.79 Å². The summed E-state index contributed by atoms with van der Waals surface area (Å²) in [6.07, 6.45) is 3.26. The highest BCUT2D eigenvalue weighted by atomic mass is 32.1. The summed E-state index contributed by atoms with van der Waals surface area (Å²) in [4.78, 5) is 32.5. The smallest absolute Gasteiger partial charge is 0.256 e. The van der Waals surface area contributed by atoms with Gasteiger partial charge in [0, 0.05) is 22.7 Å². The van der Waals surface area contributed by atoms with E-state index in [1.807, 2.05) is 4.90 Å². The lowest BCUT2D eigenvalue weighted by atomic mass is 9.98. The Morgan fingerprint density at radius 3 is 2.96 bits per heavy atom. The van der Waals surface area contributed by atoms with Crippen LogP contribution < -0.4 is 5.56 Å².